The van der Waals surface area contributed by atoms with Crippen molar-refractivity contribution in [1.29, 1.82) is 0 Å². The van der Waals surface area contributed by atoms with Crippen LogP contribution in [0, 0.1) is 17.3 Å². The van der Waals surface area contributed by atoms with Gasteiger partial charge in [-0.2, -0.15) is 0 Å². The zero-order valence-corrected chi connectivity index (χ0v) is 12.0. The van der Waals surface area contributed by atoms with E-state index >= 15 is 0 Å². The summed E-state index contributed by atoms with van der Waals surface area (Å²) in [5.41, 5.74) is 4.18. The zero-order chi connectivity index (χ0) is 13.9. The Kier molecular flexibility index (Phi) is 2.56. The van der Waals surface area contributed by atoms with Gasteiger partial charge in [0.1, 0.15) is 5.75 Å². The van der Waals surface area contributed by atoms with Crippen LogP contribution in [0.5, 0.6) is 5.75 Å². The lowest BCUT2D eigenvalue weighted by Crippen LogP contribution is -2.39. The van der Waals surface area contributed by atoms with E-state index in [9.17, 15) is 10.2 Å². The highest BCUT2D eigenvalue weighted by molar-refractivity contribution is 5.73. The van der Waals surface area contributed by atoms with E-state index in [1.807, 2.05) is 6.07 Å². The van der Waals surface area contributed by atoms with Crippen molar-refractivity contribution in [2.24, 2.45) is 17.3 Å². The van der Waals surface area contributed by atoms with Crippen molar-refractivity contribution in [3.05, 3.63) is 35.4 Å². The quantitative estimate of drug-likeness (QED) is 0.757. The smallest absolute Gasteiger partial charge is 0.115 e. The van der Waals surface area contributed by atoms with Crippen LogP contribution in [0.25, 0.3) is 5.57 Å². The number of hydrogen-bond donors (Lipinski definition) is 2. The second-order valence-corrected chi connectivity index (χ2v) is 7.06. The highest BCUT2D eigenvalue weighted by Crippen LogP contribution is 2.58. The molecular weight excluding hydrogens is 248 g/mol. The van der Waals surface area contributed by atoms with E-state index in [1.165, 1.54) is 16.7 Å². The molecule has 1 aromatic rings. The van der Waals surface area contributed by atoms with E-state index in [4.69, 9.17) is 0 Å². The fourth-order valence-electron chi connectivity index (χ4n) is 4.94. The lowest BCUT2D eigenvalue weighted by Gasteiger charge is -2.45. The third kappa shape index (κ3) is 1.54. The number of phenolic OH excluding ortho intramolecular Hbond substituents is 1. The van der Waals surface area contributed by atoms with Crippen LogP contribution in [-0.2, 0) is 6.42 Å². The number of hydrogen-bond acceptors (Lipinski definition) is 2. The van der Waals surface area contributed by atoms with E-state index < -0.39 is 0 Å². The summed E-state index contributed by atoms with van der Waals surface area (Å²) in [6, 6.07) is 5.81. The zero-order valence-electron chi connectivity index (χ0n) is 12.0. The largest absolute Gasteiger partial charge is 0.508 e. The molecule has 106 valence electrons. The molecule has 0 saturated heterocycles. The maximum atomic E-state index is 10.3. The van der Waals surface area contributed by atoms with Gasteiger partial charge in [0, 0.05) is 5.41 Å². The molecule has 2 nitrogen and oxygen atoms in total. The van der Waals surface area contributed by atoms with Crippen molar-refractivity contribution in [1.82, 2.24) is 0 Å². The minimum Gasteiger partial charge on any atom is -0.508 e. The Bertz CT molecular complexity index is 589. The van der Waals surface area contributed by atoms with Gasteiger partial charge in [-0.1, -0.05) is 19.1 Å². The monoisotopic (exact) mass is 270 g/mol. The van der Waals surface area contributed by atoms with Gasteiger partial charge in [0.25, 0.3) is 0 Å². The number of aromatic hydroxyl groups is 1. The van der Waals surface area contributed by atoms with Gasteiger partial charge in [-0.25, -0.2) is 0 Å². The summed E-state index contributed by atoms with van der Waals surface area (Å²) in [6.45, 7) is 2.27. The normalized spacial score (nSPS) is 38.7. The van der Waals surface area contributed by atoms with Gasteiger partial charge < -0.3 is 10.2 Å². The molecule has 3 aliphatic carbocycles. The predicted octanol–water partition coefficient (Wildman–Crippen LogP) is 3.52. The average Bonchev–Trinajstić information content (AvgIpc) is 2.74. The Morgan fingerprint density at radius 2 is 2.05 bits per heavy atom. The molecule has 0 radical (unpaired) electrons. The van der Waals surface area contributed by atoms with E-state index in [1.54, 1.807) is 6.07 Å². The number of fused-ring (bicyclic) bond motifs is 5. The average molecular weight is 270 g/mol. The molecule has 0 amide bonds. The van der Waals surface area contributed by atoms with Crippen molar-refractivity contribution in [3.8, 4) is 5.75 Å². The molecule has 0 heterocycles. The van der Waals surface area contributed by atoms with Crippen molar-refractivity contribution in [3.63, 3.8) is 0 Å². The van der Waals surface area contributed by atoms with E-state index in [2.05, 4.69) is 19.1 Å². The fourth-order valence-corrected chi connectivity index (χ4v) is 4.94. The number of phenols is 1. The predicted molar refractivity (Wildman–Crippen MR) is 79.3 cm³/mol. The first-order chi connectivity index (χ1) is 9.59. The summed E-state index contributed by atoms with van der Waals surface area (Å²) in [6.07, 6.45) is 7.56. The van der Waals surface area contributed by atoms with Crippen LogP contribution in [0.2, 0.25) is 0 Å². The SMILES string of the molecule is C[C@]12CC=C3c4ccc(O)cc4CCC3C1CC[C@@H]2O. The molecule has 4 atom stereocenters. The van der Waals surface area contributed by atoms with E-state index in [-0.39, 0.29) is 11.5 Å². The molecule has 1 saturated carbocycles. The first kappa shape index (κ1) is 12.5. The van der Waals surface area contributed by atoms with Gasteiger partial charge in [0.05, 0.1) is 6.10 Å². The molecule has 2 unspecified atom stereocenters. The molecular formula is C18H22O2. The van der Waals surface area contributed by atoms with E-state index in [0.29, 0.717) is 17.6 Å². The Balaban J connectivity index is 1.79. The second kappa shape index (κ2) is 4.11. The fraction of sp³-hybridized carbons (Fsp3) is 0.556. The Hall–Kier alpha value is -1.28. The minimum absolute atomic E-state index is 0.0859. The standard InChI is InChI=1S/C18H22O2/c1-18-9-8-14-13-5-3-12(19)10-11(13)2-4-15(14)16(18)6-7-17(18)20/h3,5,8,10,15-17,19-20H,2,4,6-7,9H2,1H3/t15?,16?,17-,18-/m0/s1. The summed E-state index contributed by atoms with van der Waals surface area (Å²) < 4.78 is 0. The Morgan fingerprint density at radius 3 is 2.90 bits per heavy atom. The summed E-state index contributed by atoms with van der Waals surface area (Å²) in [4.78, 5) is 0. The molecule has 4 rings (SSSR count). The topological polar surface area (TPSA) is 40.5 Å². The van der Waals surface area contributed by atoms with Crippen LogP contribution in [0.15, 0.2) is 24.3 Å². The highest BCUT2D eigenvalue weighted by atomic mass is 16.3. The Labute approximate surface area is 120 Å². The van der Waals surface area contributed by atoms with Crippen molar-refractivity contribution >= 4 is 5.57 Å². The number of aliphatic hydroxyl groups is 1. The lowest BCUT2D eigenvalue weighted by atomic mass is 9.60. The summed E-state index contributed by atoms with van der Waals surface area (Å²) in [5, 5.41) is 20.0. The molecule has 2 heteroatoms. The maximum absolute atomic E-state index is 10.3. The van der Waals surface area contributed by atoms with Crippen LogP contribution in [-0.4, -0.2) is 16.3 Å². The van der Waals surface area contributed by atoms with Crippen LogP contribution < -0.4 is 0 Å². The van der Waals surface area contributed by atoms with Crippen LogP contribution in [0.4, 0.5) is 0 Å². The van der Waals surface area contributed by atoms with Crippen molar-refractivity contribution in [2.45, 2.75) is 45.1 Å². The minimum atomic E-state index is -0.133. The van der Waals surface area contributed by atoms with Crippen molar-refractivity contribution in [2.75, 3.05) is 0 Å². The van der Waals surface area contributed by atoms with Crippen LogP contribution in [0.1, 0.15) is 43.7 Å². The lowest BCUT2D eigenvalue weighted by molar-refractivity contribution is 0.0251. The van der Waals surface area contributed by atoms with Gasteiger partial charge in [0.2, 0.25) is 0 Å². The molecule has 20 heavy (non-hydrogen) atoms. The first-order valence-corrected chi connectivity index (χ1v) is 7.80. The molecule has 0 spiro atoms. The van der Waals surface area contributed by atoms with Gasteiger partial charge >= 0.3 is 0 Å². The van der Waals surface area contributed by atoms with Gasteiger partial charge in [-0.3, -0.25) is 0 Å². The molecule has 0 bridgehead atoms. The van der Waals surface area contributed by atoms with Gasteiger partial charge in [0.15, 0.2) is 0 Å². The number of benzene rings is 1. The molecule has 3 aliphatic rings. The molecule has 0 aliphatic heterocycles. The third-order valence-electron chi connectivity index (χ3n) is 6.13. The van der Waals surface area contributed by atoms with Gasteiger partial charge in [-0.15, -0.1) is 0 Å². The number of allylic oxidation sites excluding steroid dienone is 2. The van der Waals surface area contributed by atoms with Crippen molar-refractivity contribution < 1.29 is 10.2 Å². The van der Waals surface area contributed by atoms with Gasteiger partial charge in [-0.05, 0) is 72.8 Å². The first-order valence-electron chi connectivity index (χ1n) is 7.80. The molecule has 1 fully saturated rings. The summed E-state index contributed by atoms with van der Waals surface area (Å²) in [5.74, 6) is 1.60. The molecule has 1 aromatic carbocycles. The number of aryl methyl sites for hydroxylation is 1. The summed E-state index contributed by atoms with van der Waals surface area (Å²) in [7, 11) is 0. The number of rotatable bonds is 0. The van der Waals surface area contributed by atoms with Crippen LogP contribution >= 0.6 is 0 Å². The molecule has 0 aromatic heterocycles. The highest BCUT2D eigenvalue weighted by Gasteiger charge is 2.51. The third-order valence-corrected chi connectivity index (χ3v) is 6.13. The number of aliphatic hydroxyl groups excluding tert-OH is 1. The van der Waals surface area contributed by atoms with Crippen LogP contribution in [0.3, 0.4) is 0 Å². The molecule has 2 N–H and O–H groups in total. The van der Waals surface area contributed by atoms with E-state index in [0.717, 1.165) is 32.1 Å². The second-order valence-electron chi connectivity index (χ2n) is 7.06. The maximum Gasteiger partial charge on any atom is 0.115 e. The summed E-state index contributed by atoms with van der Waals surface area (Å²) >= 11 is 0. The Morgan fingerprint density at radius 1 is 1.20 bits per heavy atom.